The van der Waals surface area contributed by atoms with E-state index < -0.39 is 0 Å². The number of hydrogen-bond acceptors (Lipinski definition) is 5. The molecule has 1 N–H and O–H groups in total. The summed E-state index contributed by atoms with van der Waals surface area (Å²) in [6.45, 7) is 1.60. The van der Waals surface area contributed by atoms with Gasteiger partial charge in [-0.25, -0.2) is 0 Å². The van der Waals surface area contributed by atoms with Crippen LogP contribution in [0.4, 0.5) is 5.69 Å². The normalized spacial score (nSPS) is 17.1. The van der Waals surface area contributed by atoms with Gasteiger partial charge in [0.1, 0.15) is 11.5 Å². The maximum absolute atomic E-state index is 12.4. The van der Waals surface area contributed by atoms with E-state index in [4.69, 9.17) is 21.1 Å². The van der Waals surface area contributed by atoms with Crippen molar-refractivity contribution >= 4 is 29.1 Å². The molecule has 25 heavy (non-hydrogen) atoms. The molecule has 1 aromatic carbocycles. The van der Waals surface area contributed by atoms with Gasteiger partial charge in [-0.3, -0.25) is 9.59 Å². The van der Waals surface area contributed by atoms with Crippen LogP contribution in [0.5, 0.6) is 11.5 Å². The topological polar surface area (TPSA) is 71.1 Å². The number of rotatable bonds is 7. The molecule has 1 unspecified atom stereocenters. The molecular formula is C17H24ClN3O4. The molecule has 0 spiro atoms. The van der Waals surface area contributed by atoms with Gasteiger partial charge < -0.3 is 24.6 Å². The highest BCUT2D eigenvalue weighted by Gasteiger charge is 2.36. The lowest BCUT2D eigenvalue weighted by atomic mass is 10.1. The van der Waals surface area contributed by atoms with Gasteiger partial charge in [-0.15, -0.1) is 0 Å². The van der Waals surface area contributed by atoms with Crippen molar-refractivity contribution < 1.29 is 19.1 Å². The molecule has 2 rings (SSSR count). The van der Waals surface area contributed by atoms with Gasteiger partial charge in [0, 0.05) is 38.2 Å². The summed E-state index contributed by atoms with van der Waals surface area (Å²) in [7, 11) is 6.89. The molecule has 0 bridgehead atoms. The first kappa shape index (κ1) is 19.3. The molecule has 0 radical (unpaired) electrons. The largest absolute Gasteiger partial charge is 0.495 e. The van der Waals surface area contributed by atoms with E-state index in [2.05, 4.69) is 5.32 Å². The van der Waals surface area contributed by atoms with Crippen molar-refractivity contribution in [3.8, 4) is 11.5 Å². The molecule has 0 aliphatic carbocycles. The van der Waals surface area contributed by atoms with Crippen molar-refractivity contribution in [3.63, 3.8) is 0 Å². The number of nitrogens with one attached hydrogen (secondary N) is 1. The zero-order valence-electron chi connectivity index (χ0n) is 15.0. The molecule has 7 nitrogen and oxygen atoms in total. The van der Waals surface area contributed by atoms with Gasteiger partial charge in [0.25, 0.3) is 0 Å². The molecular weight excluding hydrogens is 346 g/mol. The number of methoxy groups -OCH3 is 2. The minimum absolute atomic E-state index is 0.113. The number of anilines is 1. The van der Waals surface area contributed by atoms with E-state index >= 15 is 0 Å². The number of ether oxygens (including phenoxy) is 2. The summed E-state index contributed by atoms with van der Waals surface area (Å²) in [6, 6.07) is 3.26. The third kappa shape index (κ3) is 4.55. The lowest BCUT2D eigenvalue weighted by molar-refractivity contribution is -0.126. The van der Waals surface area contributed by atoms with Crippen LogP contribution in [0.1, 0.15) is 6.42 Å². The third-order valence-electron chi connectivity index (χ3n) is 4.10. The lowest BCUT2D eigenvalue weighted by Crippen LogP contribution is -2.36. The molecule has 2 amide bonds. The fourth-order valence-corrected chi connectivity index (χ4v) is 2.95. The maximum Gasteiger partial charge on any atom is 0.227 e. The zero-order chi connectivity index (χ0) is 18.6. The zero-order valence-corrected chi connectivity index (χ0v) is 15.7. The van der Waals surface area contributed by atoms with Gasteiger partial charge in [0.05, 0.1) is 30.8 Å². The number of carbonyl (C=O) groups is 2. The van der Waals surface area contributed by atoms with E-state index in [1.807, 2.05) is 19.0 Å². The van der Waals surface area contributed by atoms with Crippen LogP contribution >= 0.6 is 11.6 Å². The Morgan fingerprint density at radius 3 is 2.60 bits per heavy atom. The van der Waals surface area contributed by atoms with E-state index in [1.165, 1.54) is 14.2 Å². The Kier molecular flexibility index (Phi) is 6.50. The molecule has 1 aromatic rings. The van der Waals surface area contributed by atoms with Gasteiger partial charge in [-0.2, -0.15) is 0 Å². The van der Waals surface area contributed by atoms with Crippen LogP contribution in [0.25, 0.3) is 0 Å². The fourth-order valence-electron chi connectivity index (χ4n) is 2.72. The van der Waals surface area contributed by atoms with Crippen LogP contribution in [0.2, 0.25) is 5.02 Å². The SMILES string of the molecule is COc1cc(N2CC(C(=O)NCCN(C)C)CC2=O)c(OC)cc1Cl. The Labute approximate surface area is 152 Å². The number of likely N-dealkylation sites (N-methyl/N-ethyl adjacent to an activating group) is 1. The average Bonchev–Trinajstić information content (AvgIpc) is 2.95. The second kappa shape index (κ2) is 8.40. The van der Waals surface area contributed by atoms with Crippen molar-refractivity contribution in [2.24, 2.45) is 5.92 Å². The van der Waals surface area contributed by atoms with Crippen molar-refractivity contribution in [2.45, 2.75) is 6.42 Å². The summed E-state index contributed by atoms with van der Waals surface area (Å²) in [5.74, 6) is 0.283. The fraction of sp³-hybridized carbons (Fsp3) is 0.529. The van der Waals surface area contributed by atoms with Crippen molar-refractivity contribution in [2.75, 3.05) is 52.8 Å². The second-order valence-corrected chi connectivity index (χ2v) is 6.57. The van der Waals surface area contributed by atoms with Crippen molar-refractivity contribution in [1.82, 2.24) is 10.2 Å². The Morgan fingerprint density at radius 1 is 1.32 bits per heavy atom. The highest BCUT2D eigenvalue weighted by atomic mass is 35.5. The van der Waals surface area contributed by atoms with Gasteiger partial charge in [0.2, 0.25) is 11.8 Å². The van der Waals surface area contributed by atoms with E-state index in [9.17, 15) is 9.59 Å². The maximum atomic E-state index is 12.4. The summed E-state index contributed by atoms with van der Waals surface area (Å²) < 4.78 is 10.6. The van der Waals surface area contributed by atoms with Crippen LogP contribution in [0.15, 0.2) is 12.1 Å². The molecule has 8 heteroatoms. The van der Waals surface area contributed by atoms with Gasteiger partial charge in [-0.1, -0.05) is 11.6 Å². The number of amides is 2. The summed E-state index contributed by atoms with van der Waals surface area (Å²) >= 11 is 6.11. The number of halogens is 1. The smallest absolute Gasteiger partial charge is 0.227 e. The number of nitrogens with zero attached hydrogens (tertiary/aromatic N) is 2. The third-order valence-corrected chi connectivity index (χ3v) is 4.39. The van der Waals surface area contributed by atoms with Crippen LogP contribution in [-0.4, -0.2) is 64.7 Å². The number of carbonyl (C=O) groups excluding carboxylic acids is 2. The van der Waals surface area contributed by atoms with E-state index in [0.717, 1.165) is 6.54 Å². The molecule has 138 valence electrons. The van der Waals surface area contributed by atoms with Crippen LogP contribution < -0.4 is 19.7 Å². The Morgan fingerprint density at radius 2 is 2.00 bits per heavy atom. The Bertz CT molecular complexity index is 651. The standard InChI is InChI=1S/C17H24ClN3O4/c1-20(2)6-5-19-17(23)11-7-16(22)21(10-11)13-9-14(24-3)12(18)8-15(13)25-4/h8-9,11H,5-7,10H2,1-4H3,(H,19,23). The van der Waals surface area contributed by atoms with Crippen LogP contribution in [-0.2, 0) is 9.59 Å². The molecule has 0 saturated carbocycles. The van der Waals surface area contributed by atoms with Crippen LogP contribution in [0, 0.1) is 5.92 Å². The molecule has 1 fully saturated rings. The van der Waals surface area contributed by atoms with Crippen molar-refractivity contribution in [3.05, 3.63) is 17.2 Å². The van der Waals surface area contributed by atoms with Gasteiger partial charge in [0.15, 0.2) is 0 Å². The van der Waals surface area contributed by atoms with Crippen LogP contribution in [0.3, 0.4) is 0 Å². The summed E-state index contributed by atoms with van der Waals surface area (Å²) in [4.78, 5) is 28.3. The molecule has 1 aliphatic rings. The molecule has 0 aromatic heterocycles. The number of benzene rings is 1. The second-order valence-electron chi connectivity index (χ2n) is 6.16. The van der Waals surface area contributed by atoms with E-state index in [-0.39, 0.29) is 24.2 Å². The predicted molar refractivity (Wildman–Crippen MR) is 96.6 cm³/mol. The lowest BCUT2D eigenvalue weighted by Gasteiger charge is -2.21. The summed E-state index contributed by atoms with van der Waals surface area (Å²) in [5, 5.41) is 3.27. The first-order valence-electron chi connectivity index (χ1n) is 8.01. The quantitative estimate of drug-likeness (QED) is 0.786. The van der Waals surface area contributed by atoms with Gasteiger partial charge in [-0.05, 0) is 14.1 Å². The Hall–Kier alpha value is -1.99. The first-order valence-corrected chi connectivity index (χ1v) is 8.39. The highest BCUT2D eigenvalue weighted by molar-refractivity contribution is 6.32. The Balaban J connectivity index is 2.13. The predicted octanol–water partition coefficient (Wildman–Crippen LogP) is 1.39. The minimum atomic E-state index is -0.388. The summed E-state index contributed by atoms with van der Waals surface area (Å²) in [5.41, 5.74) is 0.553. The minimum Gasteiger partial charge on any atom is -0.495 e. The van der Waals surface area contributed by atoms with E-state index in [1.54, 1.807) is 17.0 Å². The molecule has 1 aliphatic heterocycles. The molecule has 1 saturated heterocycles. The molecule has 1 atom stereocenters. The number of hydrogen-bond donors (Lipinski definition) is 1. The first-order chi connectivity index (χ1) is 11.9. The van der Waals surface area contributed by atoms with Gasteiger partial charge >= 0.3 is 0 Å². The summed E-state index contributed by atoms with van der Waals surface area (Å²) in [6.07, 6.45) is 0.169. The van der Waals surface area contributed by atoms with E-state index in [0.29, 0.717) is 35.3 Å². The monoisotopic (exact) mass is 369 g/mol. The highest BCUT2D eigenvalue weighted by Crippen LogP contribution is 2.40. The van der Waals surface area contributed by atoms with Crippen molar-refractivity contribution in [1.29, 1.82) is 0 Å². The average molecular weight is 370 g/mol. The molecule has 1 heterocycles.